The van der Waals surface area contributed by atoms with E-state index in [2.05, 4.69) is 20.5 Å². The van der Waals surface area contributed by atoms with E-state index in [9.17, 15) is 4.79 Å². The van der Waals surface area contributed by atoms with Gasteiger partial charge in [0.1, 0.15) is 0 Å². The maximum atomic E-state index is 12.4. The van der Waals surface area contributed by atoms with Gasteiger partial charge in [-0.2, -0.15) is 5.10 Å². The summed E-state index contributed by atoms with van der Waals surface area (Å²) in [5, 5.41) is 5.20. The van der Waals surface area contributed by atoms with Gasteiger partial charge < -0.3 is 19.2 Å². The maximum Gasteiger partial charge on any atom is 0.340 e. The second-order valence-corrected chi connectivity index (χ2v) is 7.58. The van der Waals surface area contributed by atoms with E-state index in [1.807, 2.05) is 32.0 Å². The summed E-state index contributed by atoms with van der Waals surface area (Å²) >= 11 is 1.55. The van der Waals surface area contributed by atoms with Crippen molar-refractivity contribution < 1.29 is 19.0 Å². The Hall–Kier alpha value is -2.94. The zero-order chi connectivity index (χ0) is 20.4. The molecule has 29 heavy (non-hydrogen) atoms. The minimum Gasteiger partial charge on any atom is -0.462 e. The van der Waals surface area contributed by atoms with Crippen LogP contribution in [0.4, 0.5) is 0 Å². The summed E-state index contributed by atoms with van der Waals surface area (Å²) in [7, 11) is 0. The van der Waals surface area contributed by atoms with E-state index >= 15 is 0 Å². The van der Waals surface area contributed by atoms with Crippen molar-refractivity contribution in [2.75, 3.05) is 19.2 Å². The molecule has 0 bridgehead atoms. The number of hydrogen-bond donors (Lipinski definition) is 2. The van der Waals surface area contributed by atoms with Crippen LogP contribution < -0.4 is 14.9 Å². The van der Waals surface area contributed by atoms with Gasteiger partial charge in [-0.3, -0.25) is 10.4 Å². The number of aryl methyl sites for hydroxylation is 2. The van der Waals surface area contributed by atoms with E-state index in [1.165, 1.54) is 0 Å². The topological polar surface area (TPSA) is 97.3 Å². The number of nitrogens with one attached hydrogen (secondary N) is 2. The van der Waals surface area contributed by atoms with Gasteiger partial charge in [0.2, 0.25) is 6.79 Å². The summed E-state index contributed by atoms with van der Waals surface area (Å²) in [6.45, 7) is 6.69. The van der Waals surface area contributed by atoms with E-state index in [0.29, 0.717) is 24.5 Å². The molecule has 4 rings (SSSR count). The van der Waals surface area contributed by atoms with Gasteiger partial charge in [-0.25, -0.2) is 4.79 Å². The van der Waals surface area contributed by atoms with Gasteiger partial charge in [0.15, 0.2) is 16.7 Å². The molecule has 0 radical (unpaired) electrons. The Balaban J connectivity index is 1.49. The Labute approximate surface area is 172 Å². The van der Waals surface area contributed by atoms with Crippen LogP contribution in [0, 0.1) is 13.8 Å². The summed E-state index contributed by atoms with van der Waals surface area (Å²) in [5.74, 6) is 1.78. The average molecular weight is 414 g/mol. The molecule has 2 N–H and O–H groups in total. The van der Waals surface area contributed by atoms with Gasteiger partial charge in [0, 0.05) is 22.7 Å². The Kier molecular flexibility index (Phi) is 5.48. The van der Waals surface area contributed by atoms with Crippen LogP contribution in [0.25, 0.3) is 0 Å². The molecule has 152 valence electrons. The zero-order valence-electron chi connectivity index (χ0n) is 16.5. The Bertz CT molecular complexity index is 1010. The summed E-state index contributed by atoms with van der Waals surface area (Å²) in [5.41, 5.74) is 7.85. The monoisotopic (exact) mass is 414 g/mol. The van der Waals surface area contributed by atoms with Gasteiger partial charge in [0.05, 0.1) is 24.4 Å². The van der Waals surface area contributed by atoms with Gasteiger partial charge in [-0.05, 0) is 38.5 Å². The summed E-state index contributed by atoms with van der Waals surface area (Å²) in [6.07, 6.45) is 0. The number of hydrogen-bond acceptors (Lipinski definition) is 7. The van der Waals surface area contributed by atoms with Crippen LogP contribution in [0.1, 0.15) is 39.8 Å². The van der Waals surface area contributed by atoms with Crippen LogP contribution in [0.3, 0.4) is 0 Å². The smallest absolute Gasteiger partial charge is 0.340 e. The van der Waals surface area contributed by atoms with Crippen molar-refractivity contribution in [2.24, 2.45) is 10.1 Å². The Morgan fingerprint density at radius 3 is 2.86 bits per heavy atom. The highest BCUT2D eigenvalue weighted by Crippen LogP contribution is 2.32. The van der Waals surface area contributed by atoms with Gasteiger partial charge in [-0.1, -0.05) is 17.8 Å². The van der Waals surface area contributed by atoms with Crippen LogP contribution >= 0.6 is 11.8 Å². The van der Waals surface area contributed by atoms with Crippen molar-refractivity contribution in [3.8, 4) is 11.5 Å². The van der Waals surface area contributed by atoms with Crippen molar-refractivity contribution in [1.82, 2.24) is 10.4 Å². The Morgan fingerprint density at radius 1 is 1.28 bits per heavy atom. The molecule has 2 aliphatic rings. The van der Waals surface area contributed by atoms with Crippen molar-refractivity contribution in [3.63, 3.8) is 0 Å². The molecule has 0 fully saturated rings. The number of benzene rings is 1. The third-order valence-corrected chi connectivity index (χ3v) is 5.53. The summed E-state index contributed by atoms with van der Waals surface area (Å²) in [6, 6.07) is 5.80. The third kappa shape index (κ3) is 3.95. The van der Waals surface area contributed by atoms with Crippen molar-refractivity contribution in [3.05, 3.63) is 46.3 Å². The first-order chi connectivity index (χ1) is 14.1. The molecule has 3 heterocycles. The number of carbonyl (C=O) groups is 1. The number of aliphatic imine (C=N–C) groups is 1. The van der Waals surface area contributed by atoms with E-state index in [-0.39, 0.29) is 12.8 Å². The van der Waals surface area contributed by atoms with Gasteiger partial charge in [0.25, 0.3) is 0 Å². The largest absolute Gasteiger partial charge is 0.462 e. The third-order valence-electron chi connectivity index (χ3n) is 4.62. The fraction of sp³-hybridized carbons (Fsp3) is 0.350. The lowest BCUT2D eigenvalue weighted by atomic mass is 10.1. The number of amidine groups is 1. The number of hydrazone groups is 1. The molecule has 0 atom stereocenters. The van der Waals surface area contributed by atoms with Crippen LogP contribution in [0.2, 0.25) is 0 Å². The van der Waals surface area contributed by atoms with Gasteiger partial charge in [-0.15, -0.1) is 0 Å². The van der Waals surface area contributed by atoms with E-state index in [1.54, 1.807) is 18.7 Å². The molecule has 1 aromatic carbocycles. The number of carbonyl (C=O) groups excluding carboxylic acids is 1. The van der Waals surface area contributed by atoms with Gasteiger partial charge >= 0.3 is 5.97 Å². The summed E-state index contributed by atoms with van der Waals surface area (Å²) in [4.78, 5) is 20.2. The number of ether oxygens (including phenoxy) is 3. The van der Waals surface area contributed by atoms with Crippen molar-refractivity contribution in [2.45, 2.75) is 27.3 Å². The number of aromatic nitrogens is 1. The first-order valence-corrected chi connectivity index (χ1v) is 10.3. The first-order valence-electron chi connectivity index (χ1n) is 9.31. The highest BCUT2D eigenvalue weighted by Gasteiger charge is 2.26. The predicted octanol–water partition coefficient (Wildman–Crippen LogP) is 3.13. The standard InChI is InChI=1S/C20H22N4O4S/c1-4-26-19(25)18-12(3)22-11(2)17(18)14-9-29-20(24-23-14)21-8-13-5-6-15-16(7-13)28-10-27-15/h5-7,22H,4,8-10H2,1-3H3,(H,21,24). The fourth-order valence-electron chi connectivity index (χ4n) is 3.33. The van der Waals surface area contributed by atoms with Crippen molar-refractivity contribution in [1.29, 1.82) is 0 Å². The number of aromatic amines is 1. The first kappa shape index (κ1) is 19.4. The number of esters is 1. The Morgan fingerprint density at radius 2 is 2.10 bits per heavy atom. The normalized spacial score (nSPS) is 16.5. The highest BCUT2D eigenvalue weighted by molar-refractivity contribution is 8.14. The zero-order valence-corrected chi connectivity index (χ0v) is 17.3. The van der Waals surface area contributed by atoms with Crippen LogP contribution in [-0.2, 0) is 11.3 Å². The minimum atomic E-state index is -0.334. The molecule has 0 amide bonds. The molecule has 9 heteroatoms. The maximum absolute atomic E-state index is 12.4. The number of rotatable bonds is 5. The molecule has 0 spiro atoms. The second kappa shape index (κ2) is 8.20. The summed E-state index contributed by atoms with van der Waals surface area (Å²) < 4.78 is 15.9. The van der Waals surface area contributed by atoms with E-state index in [0.717, 1.165) is 44.9 Å². The number of thioether (sulfide) groups is 1. The lowest BCUT2D eigenvalue weighted by Crippen LogP contribution is -2.27. The molecule has 2 aromatic rings. The molecular weight excluding hydrogens is 392 g/mol. The lowest BCUT2D eigenvalue weighted by molar-refractivity contribution is 0.0525. The lowest BCUT2D eigenvalue weighted by Gasteiger charge is -2.16. The molecular formula is C20H22N4O4S. The number of H-pyrrole nitrogens is 1. The predicted molar refractivity (Wildman–Crippen MR) is 112 cm³/mol. The van der Waals surface area contributed by atoms with E-state index < -0.39 is 0 Å². The molecule has 0 unspecified atom stereocenters. The number of fused-ring (bicyclic) bond motifs is 1. The average Bonchev–Trinajstić information content (AvgIpc) is 3.30. The molecule has 0 saturated carbocycles. The SMILES string of the molecule is CCOC(=O)c1c(C)[nH]c(C)c1C1=NNC(=NCc2ccc3c(c2)OCO3)SC1. The molecule has 1 aromatic heterocycles. The molecule has 0 saturated heterocycles. The van der Waals surface area contributed by atoms with E-state index in [4.69, 9.17) is 14.2 Å². The molecule has 0 aliphatic carbocycles. The fourth-order valence-corrected chi connectivity index (χ4v) is 4.08. The molecule has 2 aliphatic heterocycles. The minimum absolute atomic E-state index is 0.258. The molecule has 8 nitrogen and oxygen atoms in total. The number of nitrogens with zero attached hydrogens (tertiary/aromatic N) is 2. The van der Waals surface area contributed by atoms with Crippen LogP contribution in [0.15, 0.2) is 28.3 Å². The van der Waals surface area contributed by atoms with Crippen LogP contribution in [0.5, 0.6) is 11.5 Å². The second-order valence-electron chi connectivity index (χ2n) is 6.61. The van der Waals surface area contributed by atoms with Crippen LogP contribution in [-0.4, -0.2) is 41.0 Å². The highest BCUT2D eigenvalue weighted by atomic mass is 32.2. The quantitative estimate of drug-likeness (QED) is 0.730. The van der Waals surface area contributed by atoms with Crippen molar-refractivity contribution >= 4 is 28.6 Å².